The molecule has 0 aliphatic heterocycles. The van der Waals surface area contributed by atoms with Crippen molar-refractivity contribution in [2.75, 3.05) is 0 Å². The van der Waals surface area contributed by atoms with Gasteiger partial charge in [0.25, 0.3) is 0 Å². The zero-order valence-corrected chi connectivity index (χ0v) is 10.9. The van der Waals surface area contributed by atoms with Gasteiger partial charge in [0.05, 0.1) is 0 Å². The molecule has 2 aliphatic rings. The Hall–Kier alpha value is -0.850. The average Bonchev–Trinajstić information content (AvgIpc) is 2.12. The molecule has 0 amide bonds. The number of hydrogen-bond acceptors (Lipinski definition) is 1. The molecule has 0 bridgehead atoms. The van der Waals surface area contributed by atoms with Gasteiger partial charge < -0.3 is 0 Å². The van der Waals surface area contributed by atoms with E-state index in [0.717, 1.165) is 18.4 Å². The van der Waals surface area contributed by atoms with E-state index in [1.807, 2.05) is 13.0 Å². The van der Waals surface area contributed by atoms with Crippen molar-refractivity contribution >= 4 is 5.78 Å². The van der Waals surface area contributed by atoms with Gasteiger partial charge in [-0.3, -0.25) is 4.79 Å². The second kappa shape index (κ2) is 3.32. The Morgan fingerprint density at radius 3 is 2.56 bits per heavy atom. The summed E-state index contributed by atoms with van der Waals surface area (Å²) < 4.78 is 0. The van der Waals surface area contributed by atoms with Crippen LogP contribution in [0, 0.1) is 16.7 Å². The number of carbonyl (C=O) groups excluding carboxylic acids is 1. The maximum atomic E-state index is 12.3. The molecule has 0 aromatic carbocycles. The van der Waals surface area contributed by atoms with Crippen molar-refractivity contribution in [2.24, 2.45) is 16.7 Å². The fourth-order valence-corrected chi connectivity index (χ4v) is 3.92. The van der Waals surface area contributed by atoms with Gasteiger partial charge >= 0.3 is 0 Å². The summed E-state index contributed by atoms with van der Waals surface area (Å²) >= 11 is 0. The van der Waals surface area contributed by atoms with E-state index >= 15 is 0 Å². The Kier molecular flexibility index (Phi) is 2.41. The summed E-state index contributed by atoms with van der Waals surface area (Å²) in [5.74, 6) is 0.446. The summed E-state index contributed by atoms with van der Waals surface area (Å²) in [6.07, 6.45) is 5.28. The monoisotopic (exact) mass is 218 g/mol. The maximum absolute atomic E-state index is 12.3. The topological polar surface area (TPSA) is 17.1 Å². The van der Waals surface area contributed by atoms with Gasteiger partial charge in [-0.25, -0.2) is 0 Å². The molecule has 1 nitrogen and oxygen atoms in total. The van der Waals surface area contributed by atoms with E-state index in [2.05, 4.69) is 27.4 Å². The van der Waals surface area contributed by atoms with Gasteiger partial charge in [-0.1, -0.05) is 33.8 Å². The molecule has 0 spiro atoms. The van der Waals surface area contributed by atoms with Gasteiger partial charge in [-0.15, -0.1) is 0 Å². The second-order valence-corrected chi connectivity index (χ2v) is 6.40. The molecule has 2 rings (SSSR count). The Balaban J connectivity index is 2.55. The summed E-state index contributed by atoms with van der Waals surface area (Å²) in [7, 11) is 0. The number of fused-ring (bicyclic) bond motifs is 1. The zero-order valence-electron chi connectivity index (χ0n) is 10.9. The standard InChI is InChI=1S/C15H22O/c1-10-9-12(16)13-14(3,4)7-6-8-15(13,5)11(10)2/h9,13H,2,6-8H2,1,3-5H3/t13?,15-/m1/s1. The molecule has 0 saturated heterocycles. The van der Waals surface area contributed by atoms with E-state index in [4.69, 9.17) is 0 Å². The van der Waals surface area contributed by atoms with Crippen LogP contribution in [0.3, 0.4) is 0 Å². The van der Waals surface area contributed by atoms with Crippen LogP contribution in [0.25, 0.3) is 0 Å². The molecule has 2 atom stereocenters. The number of carbonyl (C=O) groups is 1. The highest BCUT2D eigenvalue weighted by molar-refractivity contribution is 5.96. The quantitative estimate of drug-likeness (QED) is 0.602. The molecule has 0 aromatic rings. The Labute approximate surface area is 98.6 Å². The van der Waals surface area contributed by atoms with Crippen LogP contribution in [0.1, 0.15) is 47.0 Å². The molecule has 1 saturated carbocycles. The van der Waals surface area contributed by atoms with E-state index in [1.165, 1.54) is 12.0 Å². The molecule has 0 heterocycles. The SMILES string of the molecule is C=C1C(C)=CC(=O)C2C(C)(C)CCC[C@]12C. The third-order valence-electron chi connectivity index (χ3n) is 4.74. The van der Waals surface area contributed by atoms with Gasteiger partial charge in [0, 0.05) is 11.3 Å². The molecule has 0 aromatic heterocycles. The van der Waals surface area contributed by atoms with Crippen LogP contribution in [0.4, 0.5) is 0 Å². The normalized spacial score (nSPS) is 38.0. The molecule has 1 fully saturated rings. The fraction of sp³-hybridized carbons (Fsp3) is 0.667. The van der Waals surface area contributed by atoms with Crippen molar-refractivity contribution in [3.05, 3.63) is 23.8 Å². The van der Waals surface area contributed by atoms with E-state index in [-0.39, 0.29) is 16.7 Å². The number of allylic oxidation sites excluding steroid dienone is 3. The molecule has 2 aliphatic carbocycles. The van der Waals surface area contributed by atoms with Crippen molar-refractivity contribution in [1.82, 2.24) is 0 Å². The highest BCUT2D eigenvalue weighted by Crippen LogP contribution is 2.57. The molecule has 1 heteroatoms. The lowest BCUT2D eigenvalue weighted by molar-refractivity contribution is -0.129. The van der Waals surface area contributed by atoms with Crippen LogP contribution >= 0.6 is 0 Å². The maximum Gasteiger partial charge on any atom is 0.160 e. The van der Waals surface area contributed by atoms with Crippen LogP contribution < -0.4 is 0 Å². The first kappa shape index (κ1) is 11.6. The van der Waals surface area contributed by atoms with E-state index in [1.54, 1.807) is 0 Å². The predicted octanol–water partition coefficient (Wildman–Crippen LogP) is 3.90. The van der Waals surface area contributed by atoms with Crippen LogP contribution in [-0.4, -0.2) is 5.78 Å². The highest BCUT2D eigenvalue weighted by Gasteiger charge is 2.52. The lowest BCUT2D eigenvalue weighted by atomic mass is 9.50. The minimum absolute atomic E-state index is 0.00231. The Morgan fingerprint density at radius 2 is 1.94 bits per heavy atom. The van der Waals surface area contributed by atoms with Crippen molar-refractivity contribution in [3.8, 4) is 0 Å². The van der Waals surface area contributed by atoms with Crippen molar-refractivity contribution in [3.63, 3.8) is 0 Å². The summed E-state index contributed by atoms with van der Waals surface area (Å²) in [5.41, 5.74) is 2.38. The van der Waals surface area contributed by atoms with Crippen LogP contribution in [-0.2, 0) is 4.79 Å². The number of hydrogen-bond donors (Lipinski definition) is 0. The predicted molar refractivity (Wildman–Crippen MR) is 67.1 cm³/mol. The summed E-state index contributed by atoms with van der Waals surface area (Å²) in [5, 5.41) is 0. The van der Waals surface area contributed by atoms with Crippen molar-refractivity contribution < 1.29 is 4.79 Å². The van der Waals surface area contributed by atoms with Crippen LogP contribution in [0.15, 0.2) is 23.8 Å². The second-order valence-electron chi connectivity index (χ2n) is 6.40. The van der Waals surface area contributed by atoms with E-state index < -0.39 is 0 Å². The van der Waals surface area contributed by atoms with Gasteiger partial charge in [-0.05, 0) is 42.4 Å². The molecular formula is C15H22O. The largest absolute Gasteiger partial charge is 0.294 e. The smallest absolute Gasteiger partial charge is 0.160 e. The summed E-state index contributed by atoms with van der Waals surface area (Å²) in [6, 6.07) is 0. The summed E-state index contributed by atoms with van der Waals surface area (Å²) in [4.78, 5) is 12.3. The van der Waals surface area contributed by atoms with E-state index in [9.17, 15) is 4.79 Å². The van der Waals surface area contributed by atoms with Gasteiger partial charge in [0.1, 0.15) is 0 Å². The minimum atomic E-state index is -0.00231. The molecule has 16 heavy (non-hydrogen) atoms. The van der Waals surface area contributed by atoms with Gasteiger partial charge in [0.15, 0.2) is 5.78 Å². The average molecular weight is 218 g/mol. The minimum Gasteiger partial charge on any atom is -0.294 e. The lowest BCUT2D eigenvalue weighted by Gasteiger charge is -2.52. The van der Waals surface area contributed by atoms with Crippen LogP contribution in [0.2, 0.25) is 0 Å². The fourth-order valence-electron chi connectivity index (χ4n) is 3.92. The molecule has 88 valence electrons. The first-order chi connectivity index (χ1) is 7.29. The lowest BCUT2D eigenvalue weighted by Crippen LogP contribution is -2.49. The van der Waals surface area contributed by atoms with Crippen molar-refractivity contribution in [2.45, 2.75) is 47.0 Å². The highest BCUT2D eigenvalue weighted by atomic mass is 16.1. The Morgan fingerprint density at radius 1 is 1.31 bits per heavy atom. The third-order valence-corrected chi connectivity index (χ3v) is 4.74. The van der Waals surface area contributed by atoms with Crippen LogP contribution in [0.5, 0.6) is 0 Å². The molecule has 1 unspecified atom stereocenters. The summed E-state index contributed by atoms with van der Waals surface area (Å²) in [6.45, 7) is 12.9. The zero-order chi connectivity index (χ0) is 12.1. The first-order valence-electron chi connectivity index (χ1n) is 6.21. The van der Waals surface area contributed by atoms with Gasteiger partial charge in [-0.2, -0.15) is 0 Å². The number of rotatable bonds is 0. The molecule has 0 radical (unpaired) electrons. The van der Waals surface area contributed by atoms with Gasteiger partial charge in [0.2, 0.25) is 0 Å². The first-order valence-corrected chi connectivity index (χ1v) is 6.21. The Bertz CT molecular complexity index is 386. The molecule has 0 N–H and O–H groups in total. The molecular weight excluding hydrogens is 196 g/mol. The number of ketones is 1. The third kappa shape index (κ3) is 1.41. The van der Waals surface area contributed by atoms with Crippen molar-refractivity contribution in [1.29, 1.82) is 0 Å². The van der Waals surface area contributed by atoms with E-state index in [0.29, 0.717) is 5.78 Å².